The van der Waals surface area contributed by atoms with Crippen LogP contribution in [0.5, 0.6) is 5.75 Å². The van der Waals surface area contributed by atoms with Crippen molar-refractivity contribution in [3.05, 3.63) is 30.3 Å². The molecular formula is C6H6OOs. The van der Waals surface area contributed by atoms with Crippen molar-refractivity contribution in [3.63, 3.8) is 0 Å². The van der Waals surface area contributed by atoms with Crippen molar-refractivity contribution < 1.29 is 24.9 Å². The van der Waals surface area contributed by atoms with E-state index in [1.165, 1.54) is 0 Å². The first-order valence-corrected chi connectivity index (χ1v) is 2.13. The number of phenolic OH excluding ortho intramolecular Hbond substituents is 1. The molecule has 0 saturated heterocycles. The molecule has 0 aliphatic heterocycles. The van der Waals surface area contributed by atoms with Gasteiger partial charge in [0.25, 0.3) is 0 Å². The fourth-order valence-electron chi connectivity index (χ4n) is 0.428. The van der Waals surface area contributed by atoms with Crippen molar-refractivity contribution in [1.82, 2.24) is 0 Å². The largest absolute Gasteiger partial charge is 0.508 e. The maximum atomic E-state index is 8.63. The molecule has 1 rings (SSSR count). The summed E-state index contributed by atoms with van der Waals surface area (Å²) < 4.78 is 0. The van der Waals surface area contributed by atoms with Crippen molar-refractivity contribution in [2.75, 3.05) is 0 Å². The molecule has 8 heavy (non-hydrogen) atoms. The van der Waals surface area contributed by atoms with Gasteiger partial charge in [-0.1, -0.05) is 18.2 Å². The van der Waals surface area contributed by atoms with E-state index in [1.807, 2.05) is 6.07 Å². The predicted octanol–water partition coefficient (Wildman–Crippen LogP) is 1.39. The molecule has 1 nitrogen and oxygen atoms in total. The zero-order valence-electron chi connectivity index (χ0n) is 4.19. The van der Waals surface area contributed by atoms with E-state index in [0.717, 1.165) is 0 Å². The Hall–Kier alpha value is -0.344. The summed E-state index contributed by atoms with van der Waals surface area (Å²) >= 11 is 0. The molecule has 0 aliphatic carbocycles. The van der Waals surface area contributed by atoms with Gasteiger partial charge in [-0.25, -0.2) is 0 Å². The van der Waals surface area contributed by atoms with E-state index in [2.05, 4.69) is 0 Å². The second-order valence-electron chi connectivity index (χ2n) is 1.34. The van der Waals surface area contributed by atoms with Gasteiger partial charge >= 0.3 is 0 Å². The van der Waals surface area contributed by atoms with Crippen LogP contribution in [0.4, 0.5) is 0 Å². The normalized spacial score (nSPS) is 7.50. The van der Waals surface area contributed by atoms with Crippen LogP contribution in [0.1, 0.15) is 0 Å². The van der Waals surface area contributed by atoms with Crippen molar-refractivity contribution in [2.24, 2.45) is 0 Å². The second kappa shape index (κ2) is 3.63. The van der Waals surface area contributed by atoms with Gasteiger partial charge in [0.2, 0.25) is 0 Å². The van der Waals surface area contributed by atoms with Crippen LogP contribution in [0.15, 0.2) is 30.3 Å². The zero-order valence-corrected chi connectivity index (χ0v) is 6.73. The van der Waals surface area contributed by atoms with Gasteiger partial charge in [-0.2, -0.15) is 0 Å². The Morgan fingerprint density at radius 2 is 1.50 bits per heavy atom. The Labute approximate surface area is 61.4 Å². The summed E-state index contributed by atoms with van der Waals surface area (Å²) in [6.07, 6.45) is 0. The van der Waals surface area contributed by atoms with Crippen LogP contribution in [-0.4, -0.2) is 5.11 Å². The minimum atomic E-state index is 0. The Morgan fingerprint density at radius 1 is 1.00 bits per heavy atom. The fourth-order valence-corrected chi connectivity index (χ4v) is 0.428. The van der Waals surface area contributed by atoms with Crippen LogP contribution in [0.2, 0.25) is 0 Å². The first-order valence-electron chi connectivity index (χ1n) is 2.13. The van der Waals surface area contributed by atoms with Crippen molar-refractivity contribution in [1.29, 1.82) is 0 Å². The van der Waals surface area contributed by atoms with Gasteiger partial charge in [0, 0.05) is 19.8 Å². The van der Waals surface area contributed by atoms with Crippen LogP contribution in [0.3, 0.4) is 0 Å². The molecule has 1 aromatic rings. The third-order valence-electron chi connectivity index (χ3n) is 0.756. The Kier molecular flexibility index (Phi) is 3.48. The van der Waals surface area contributed by atoms with Crippen LogP contribution in [0.25, 0.3) is 0 Å². The first-order chi connectivity index (χ1) is 3.39. The maximum absolute atomic E-state index is 8.63. The maximum Gasteiger partial charge on any atom is 0.115 e. The number of phenols is 1. The van der Waals surface area contributed by atoms with E-state index in [-0.39, 0.29) is 19.8 Å². The Morgan fingerprint density at radius 3 is 1.75 bits per heavy atom. The number of benzene rings is 1. The van der Waals surface area contributed by atoms with E-state index in [9.17, 15) is 0 Å². The third kappa shape index (κ3) is 2.09. The van der Waals surface area contributed by atoms with Crippen LogP contribution in [0, 0.1) is 0 Å². The minimum Gasteiger partial charge on any atom is -0.508 e. The second-order valence-corrected chi connectivity index (χ2v) is 1.34. The fraction of sp³-hybridized carbons (Fsp3) is 0. The number of hydrogen-bond donors (Lipinski definition) is 1. The van der Waals surface area contributed by atoms with Gasteiger partial charge in [0.1, 0.15) is 5.75 Å². The van der Waals surface area contributed by atoms with Gasteiger partial charge in [-0.05, 0) is 12.1 Å². The molecule has 0 aliphatic rings. The van der Waals surface area contributed by atoms with E-state index in [0.29, 0.717) is 5.75 Å². The Balaban J connectivity index is 0.000000490. The summed E-state index contributed by atoms with van der Waals surface area (Å²) in [4.78, 5) is 0. The van der Waals surface area contributed by atoms with Crippen LogP contribution < -0.4 is 0 Å². The first kappa shape index (κ1) is 7.66. The standard InChI is InChI=1S/C6H6O.Os/c7-6-4-2-1-3-5-6;/h1-5,7H;. The van der Waals surface area contributed by atoms with E-state index in [1.54, 1.807) is 24.3 Å². The molecule has 1 aromatic carbocycles. The molecule has 0 bridgehead atoms. The molecule has 0 atom stereocenters. The topological polar surface area (TPSA) is 20.2 Å². The molecule has 2 heteroatoms. The molecule has 0 spiro atoms. The van der Waals surface area contributed by atoms with E-state index in [4.69, 9.17) is 5.11 Å². The molecule has 0 amide bonds. The molecule has 1 N–H and O–H groups in total. The van der Waals surface area contributed by atoms with Crippen molar-refractivity contribution in [2.45, 2.75) is 0 Å². The SMILES string of the molecule is Oc1ccccc1.[Os]. The van der Waals surface area contributed by atoms with Crippen molar-refractivity contribution in [3.8, 4) is 5.75 Å². The number of para-hydroxylation sites is 1. The van der Waals surface area contributed by atoms with Crippen LogP contribution >= 0.6 is 0 Å². The van der Waals surface area contributed by atoms with E-state index < -0.39 is 0 Å². The van der Waals surface area contributed by atoms with Crippen LogP contribution in [-0.2, 0) is 19.8 Å². The average Bonchev–Trinajstić information content (AvgIpc) is 1.69. The molecule has 0 saturated carbocycles. The van der Waals surface area contributed by atoms with Gasteiger partial charge < -0.3 is 5.11 Å². The van der Waals surface area contributed by atoms with Gasteiger partial charge in [-0.15, -0.1) is 0 Å². The molecule has 44 valence electrons. The quantitative estimate of drug-likeness (QED) is 0.763. The summed E-state index contributed by atoms with van der Waals surface area (Å²) in [6, 6.07) is 8.71. The molecule has 0 unspecified atom stereocenters. The summed E-state index contributed by atoms with van der Waals surface area (Å²) in [7, 11) is 0. The summed E-state index contributed by atoms with van der Waals surface area (Å²) in [5, 5.41) is 8.63. The third-order valence-corrected chi connectivity index (χ3v) is 0.756. The Bertz CT molecular complexity index is 138. The number of hydrogen-bond acceptors (Lipinski definition) is 1. The van der Waals surface area contributed by atoms with E-state index >= 15 is 0 Å². The zero-order chi connectivity index (χ0) is 5.11. The summed E-state index contributed by atoms with van der Waals surface area (Å²) in [5.41, 5.74) is 0. The molecule has 0 aromatic heterocycles. The summed E-state index contributed by atoms with van der Waals surface area (Å²) in [5.74, 6) is 0.322. The average molecular weight is 284 g/mol. The predicted molar refractivity (Wildman–Crippen MR) is 28.1 cm³/mol. The number of rotatable bonds is 0. The number of aromatic hydroxyl groups is 1. The minimum absolute atomic E-state index is 0. The van der Waals surface area contributed by atoms with Gasteiger partial charge in [0.05, 0.1) is 0 Å². The molecular weight excluding hydrogens is 278 g/mol. The van der Waals surface area contributed by atoms with Gasteiger partial charge in [0.15, 0.2) is 0 Å². The smallest absolute Gasteiger partial charge is 0.115 e. The molecule has 0 heterocycles. The molecule has 0 radical (unpaired) electrons. The monoisotopic (exact) mass is 286 g/mol. The molecule has 0 fully saturated rings. The van der Waals surface area contributed by atoms with Gasteiger partial charge in [-0.3, -0.25) is 0 Å². The summed E-state index contributed by atoms with van der Waals surface area (Å²) in [6.45, 7) is 0. The van der Waals surface area contributed by atoms with Crippen molar-refractivity contribution >= 4 is 0 Å².